The molecule has 3 saturated carbocycles. The second-order valence-corrected chi connectivity index (χ2v) is 30.0. The largest absolute Gasteiger partial charge is 0.397 e. The van der Waals surface area contributed by atoms with Crippen LogP contribution < -0.4 is 0 Å². The summed E-state index contributed by atoms with van der Waals surface area (Å²) in [7, 11) is -4.89. The normalized spacial score (nSPS) is 51.9. The maximum atomic E-state index is 12.5. The summed E-state index contributed by atoms with van der Waals surface area (Å²) in [5, 5.41) is 179. The SMILES string of the molecule is CC(C)=CCC[C@](C)(O)[C@H]1CCC2C3C[C@H](O[C@@H]4O[C@H](C)[C@@H](O)[C@H](O[C@@H]5OC[C@@H](O[C@@H]6O[C@H](CO)[C@H](O)[C@H](O)[C@H]6O[C@@H]6O[C@H](C)[C@H](O)[C@H](O[C@@H]7O[C@H](CO)[C@H](O)[C@H](O)[C@H]7O)[C@H]6O)[C@H](O)[C@H]5O[C@@H]5O[C@H](C)[C@@H](O)[C@H](O)[C@H]5O)[C@H]4O)C4C[C@@H](OS(=O)(=O)O)CC[C@]4(C)C3=CC[C@@]21C. The van der Waals surface area contributed by atoms with Crippen molar-refractivity contribution < 1.29 is 156 Å². The number of hydrogen-bond acceptors (Lipinski definition) is 31. The Hall–Kier alpha value is -1.77. The minimum Gasteiger partial charge on any atom is -0.394 e. The lowest BCUT2D eigenvalue weighted by Gasteiger charge is -2.60. The van der Waals surface area contributed by atoms with Crippen LogP contribution in [0, 0.1) is 34.5 Å². The van der Waals surface area contributed by atoms with Gasteiger partial charge in [-0.25, -0.2) is 4.18 Å². The zero-order valence-electron chi connectivity index (χ0n) is 54.5. The predicted molar refractivity (Wildman–Crippen MR) is 318 cm³/mol. The molecule has 17 N–H and O–H groups in total. The van der Waals surface area contributed by atoms with Crippen LogP contribution in [0.1, 0.15) is 113 Å². The molecule has 3 unspecified atom stereocenters. The van der Waals surface area contributed by atoms with Gasteiger partial charge in [0, 0.05) is 0 Å². The Morgan fingerprint density at radius 2 is 1.06 bits per heavy atom. The van der Waals surface area contributed by atoms with E-state index in [9.17, 15) is 94.7 Å². The molecular weight excluding hydrogens is 1290 g/mol. The Morgan fingerprint density at radius 3 is 1.64 bits per heavy atom. The molecule has 4 aliphatic carbocycles. The van der Waals surface area contributed by atoms with E-state index in [0.717, 1.165) is 18.4 Å². The fourth-order valence-electron chi connectivity index (χ4n) is 17.0. The van der Waals surface area contributed by atoms with Gasteiger partial charge in [-0.05, 0) is 134 Å². The average molecular weight is 1390 g/mol. The van der Waals surface area contributed by atoms with Crippen molar-refractivity contribution in [2.45, 2.75) is 309 Å². The number of ether oxygens (including phenoxy) is 12. The lowest BCUT2D eigenvalue weighted by atomic mass is 9.47. The molecule has 0 radical (unpaired) electrons. The van der Waals surface area contributed by atoms with E-state index >= 15 is 0 Å². The van der Waals surface area contributed by atoms with Crippen LogP contribution in [0.15, 0.2) is 23.3 Å². The molecule has 95 heavy (non-hydrogen) atoms. The quantitative estimate of drug-likeness (QED) is 0.0407. The number of aliphatic hydroxyl groups excluding tert-OH is 15. The first-order chi connectivity index (χ1) is 44.5. The van der Waals surface area contributed by atoms with Gasteiger partial charge in [0.1, 0.15) is 122 Å². The second kappa shape index (κ2) is 29.9. The number of fused-ring (bicyclic) bond motifs is 5. The average Bonchev–Trinajstić information content (AvgIpc) is 1.68. The first kappa shape index (κ1) is 75.9. The summed E-state index contributed by atoms with van der Waals surface area (Å²) in [6, 6.07) is 0. The molecule has 33 heteroatoms. The van der Waals surface area contributed by atoms with Crippen molar-refractivity contribution >= 4 is 10.4 Å². The van der Waals surface area contributed by atoms with Gasteiger partial charge in [0.05, 0.1) is 55.9 Å². The van der Waals surface area contributed by atoms with Crippen LogP contribution in [0.5, 0.6) is 0 Å². The van der Waals surface area contributed by atoms with Gasteiger partial charge in [0.25, 0.3) is 0 Å². The fourth-order valence-corrected chi connectivity index (χ4v) is 17.5. The van der Waals surface area contributed by atoms with Gasteiger partial charge >= 0.3 is 10.4 Å². The van der Waals surface area contributed by atoms with Crippen LogP contribution in [0.2, 0.25) is 0 Å². The Morgan fingerprint density at radius 1 is 0.568 bits per heavy atom. The molecule has 6 aliphatic heterocycles. The molecule has 38 atom stereocenters. The van der Waals surface area contributed by atoms with Gasteiger partial charge in [-0.3, -0.25) is 4.55 Å². The topological polar surface area (TPSA) is 498 Å². The van der Waals surface area contributed by atoms with Gasteiger partial charge in [-0.1, -0.05) is 37.1 Å². The van der Waals surface area contributed by atoms with Gasteiger partial charge < -0.3 is 139 Å². The molecule has 548 valence electrons. The summed E-state index contributed by atoms with van der Waals surface area (Å²) < 4.78 is 113. The predicted octanol–water partition coefficient (Wildman–Crippen LogP) is -4.11. The highest BCUT2D eigenvalue weighted by Gasteiger charge is 2.64. The van der Waals surface area contributed by atoms with E-state index in [4.69, 9.17) is 61.0 Å². The molecule has 0 spiro atoms. The minimum absolute atomic E-state index is 0.0576. The van der Waals surface area contributed by atoms with E-state index in [2.05, 4.69) is 26.0 Å². The van der Waals surface area contributed by atoms with Crippen molar-refractivity contribution in [3.05, 3.63) is 23.3 Å². The third kappa shape index (κ3) is 15.2. The van der Waals surface area contributed by atoms with Crippen molar-refractivity contribution in [2.24, 2.45) is 34.5 Å². The van der Waals surface area contributed by atoms with E-state index in [-0.39, 0.29) is 36.0 Å². The van der Waals surface area contributed by atoms with E-state index in [1.807, 2.05) is 20.8 Å². The molecule has 0 bridgehead atoms. The summed E-state index contributed by atoms with van der Waals surface area (Å²) in [5.74, 6) is -0.586. The molecule has 10 rings (SSSR count). The molecule has 32 nitrogen and oxygen atoms in total. The van der Waals surface area contributed by atoms with Gasteiger partial charge in [-0.2, -0.15) is 8.42 Å². The smallest absolute Gasteiger partial charge is 0.394 e. The van der Waals surface area contributed by atoms with Crippen molar-refractivity contribution in [1.82, 2.24) is 0 Å². The van der Waals surface area contributed by atoms with Crippen LogP contribution in [0.25, 0.3) is 0 Å². The molecule has 10 aliphatic rings. The zero-order chi connectivity index (χ0) is 69.5. The van der Waals surface area contributed by atoms with Crippen molar-refractivity contribution in [1.29, 1.82) is 0 Å². The van der Waals surface area contributed by atoms with Crippen LogP contribution >= 0.6 is 0 Å². The lowest BCUT2D eigenvalue weighted by Crippen LogP contribution is -2.67. The Balaban J connectivity index is 0.903. The lowest BCUT2D eigenvalue weighted by molar-refractivity contribution is -0.402. The van der Waals surface area contributed by atoms with Crippen LogP contribution in [-0.4, -0.2) is 310 Å². The van der Waals surface area contributed by atoms with Gasteiger partial charge in [-0.15, -0.1) is 0 Å². The summed E-state index contributed by atoms with van der Waals surface area (Å²) in [6.07, 6.45) is -44.5. The van der Waals surface area contributed by atoms with E-state index < -0.39 is 237 Å². The Labute approximate surface area is 551 Å². The van der Waals surface area contributed by atoms with E-state index in [0.29, 0.717) is 32.1 Å². The molecule has 0 amide bonds. The fraction of sp³-hybridized carbons (Fsp3) is 0.935. The first-order valence-electron chi connectivity index (χ1n) is 33.1. The van der Waals surface area contributed by atoms with E-state index in [1.54, 1.807) is 0 Å². The maximum Gasteiger partial charge on any atom is 0.397 e. The van der Waals surface area contributed by atoms with Gasteiger partial charge in [0.2, 0.25) is 0 Å². The van der Waals surface area contributed by atoms with Crippen LogP contribution in [0.4, 0.5) is 0 Å². The van der Waals surface area contributed by atoms with Crippen molar-refractivity contribution in [3.63, 3.8) is 0 Å². The van der Waals surface area contributed by atoms with E-state index in [1.165, 1.54) is 26.3 Å². The maximum absolute atomic E-state index is 12.5. The van der Waals surface area contributed by atoms with Crippen molar-refractivity contribution in [3.8, 4) is 0 Å². The molecule has 0 aromatic heterocycles. The monoisotopic (exact) mass is 1390 g/mol. The molecule has 6 heterocycles. The zero-order valence-corrected chi connectivity index (χ0v) is 55.3. The third-order valence-corrected chi connectivity index (χ3v) is 22.9. The summed E-state index contributed by atoms with van der Waals surface area (Å²) in [4.78, 5) is 0. The first-order valence-corrected chi connectivity index (χ1v) is 34.5. The summed E-state index contributed by atoms with van der Waals surface area (Å²) in [6.45, 7) is 11.9. The number of aliphatic hydroxyl groups is 16. The molecular formula is C62H102O32S. The Bertz CT molecular complexity index is 2730. The van der Waals surface area contributed by atoms with Crippen LogP contribution in [-0.2, 0) is 71.4 Å². The molecule has 0 aromatic carbocycles. The highest BCUT2D eigenvalue weighted by molar-refractivity contribution is 7.80. The molecule has 6 saturated heterocycles. The second-order valence-electron chi connectivity index (χ2n) is 29.0. The third-order valence-electron chi connectivity index (χ3n) is 22.4. The van der Waals surface area contributed by atoms with Gasteiger partial charge in [0.15, 0.2) is 37.7 Å². The molecule has 9 fully saturated rings. The standard InChI is InChI=1S/C62H102O32S/c1-23(2)10-9-15-62(8,78)36-12-11-29-28-19-32(31-18-27(94-95(79,80)81)13-16-60(31,6)30(28)14-17-61(29,36)7)86-56-48(76)51(39(67)25(4)84-56)91-58-52(92-54-46(74)43(71)37(65)24(3)83-54)42(70)35(22-82-58)89-59-53(45(73)41(69)34(21-64)88-59)93-57-49(77)50(38(66)26(5)85-57)90-55-47(75)44(72)40(68)33(20-63)87-55/h10,14,24-29,31-59,63-78H,9,11-13,15-22H2,1-8H3,(H,79,80,81)/t24-,25-,26-,27+,28?,29?,31?,32+,33-,34-,35-,36+,37-,38+,39-,40+,41+,42+,43+,44+,45+,46-,47-,48-,49-,50+,51+,52-,53-,54+,55+,56+,57+,58+,59+,60-,61+,62+/m1/s1. The summed E-state index contributed by atoms with van der Waals surface area (Å²) >= 11 is 0. The molecule has 0 aromatic rings. The van der Waals surface area contributed by atoms with Crippen LogP contribution in [0.3, 0.4) is 0 Å². The Kier molecular flexibility index (Phi) is 23.9. The van der Waals surface area contributed by atoms with Crippen molar-refractivity contribution in [2.75, 3.05) is 19.8 Å². The minimum atomic E-state index is -4.89. The highest BCUT2D eigenvalue weighted by Crippen LogP contribution is 2.67. The number of hydrogen-bond donors (Lipinski definition) is 17. The number of allylic oxidation sites excluding steroid dienone is 4. The summed E-state index contributed by atoms with van der Waals surface area (Å²) in [5.41, 5.74) is 0.382. The number of rotatable bonds is 20. The highest BCUT2D eigenvalue weighted by atomic mass is 32.3.